The largest absolute Gasteiger partial charge is 0.392 e. The van der Waals surface area contributed by atoms with Gasteiger partial charge in [0, 0.05) is 12.1 Å². The fraction of sp³-hybridized carbons (Fsp3) is 1.00. The third-order valence-corrected chi connectivity index (χ3v) is 2.84. The van der Waals surface area contributed by atoms with Crippen LogP contribution in [-0.2, 0) is 0 Å². The Morgan fingerprint density at radius 1 is 1.42 bits per heavy atom. The van der Waals surface area contributed by atoms with Crippen LogP contribution in [0.2, 0.25) is 0 Å². The Morgan fingerprint density at radius 3 is 2.67 bits per heavy atom. The van der Waals surface area contributed by atoms with E-state index < -0.39 is 0 Å². The van der Waals surface area contributed by atoms with Gasteiger partial charge in [0.1, 0.15) is 0 Å². The summed E-state index contributed by atoms with van der Waals surface area (Å²) in [5.74, 6) is 0. The quantitative estimate of drug-likeness (QED) is 0.677. The van der Waals surface area contributed by atoms with Crippen LogP contribution in [0.5, 0.6) is 0 Å². The second kappa shape index (κ2) is 4.83. The second-order valence-corrected chi connectivity index (χ2v) is 3.93. The molecule has 0 aromatic carbocycles. The molecule has 1 unspecified atom stereocenters. The summed E-state index contributed by atoms with van der Waals surface area (Å²) in [5, 5.41) is 13.1. The number of hydrogen-bond acceptors (Lipinski definition) is 2. The molecule has 0 heterocycles. The van der Waals surface area contributed by atoms with E-state index in [0.29, 0.717) is 12.1 Å². The van der Waals surface area contributed by atoms with Crippen LogP contribution >= 0.6 is 0 Å². The van der Waals surface area contributed by atoms with Gasteiger partial charge in [-0.05, 0) is 26.2 Å². The highest BCUT2D eigenvalue weighted by Gasteiger charge is 2.23. The predicted molar refractivity (Wildman–Crippen MR) is 51.2 cm³/mol. The van der Waals surface area contributed by atoms with Crippen LogP contribution in [0, 0.1) is 0 Å². The normalized spacial score (nSPS) is 33.2. The highest BCUT2D eigenvalue weighted by Crippen LogP contribution is 2.18. The smallest absolute Gasteiger partial charge is 0.0693 e. The van der Waals surface area contributed by atoms with Crippen molar-refractivity contribution in [2.45, 2.75) is 64.1 Å². The fourth-order valence-corrected chi connectivity index (χ4v) is 1.79. The maximum atomic E-state index is 9.65. The molecule has 0 aliphatic heterocycles. The Bertz CT molecular complexity index is 127. The Labute approximate surface area is 75.4 Å². The molecule has 1 rings (SSSR count). The van der Waals surface area contributed by atoms with Crippen molar-refractivity contribution in [3.8, 4) is 0 Å². The van der Waals surface area contributed by atoms with Gasteiger partial charge in [0.05, 0.1) is 6.10 Å². The zero-order chi connectivity index (χ0) is 8.97. The number of rotatable bonds is 3. The van der Waals surface area contributed by atoms with Gasteiger partial charge < -0.3 is 10.4 Å². The Kier molecular flexibility index (Phi) is 4.02. The Morgan fingerprint density at radius 2 is 2.08 bits per heavy atom. The molecule has 1 aliphatic rings. The lowest BCUT2D eigenvalue weighted by Gasteiger charge is -2.30. The molecule has 1 aliphatic carbocycles. The van der Waals surface area contributed by atoms with Gasteiger partial charge in [-0.15, -0.1) is 0 Å². The molecular formula is C10H21NO. The van der Waals surface area contributed by atoms with Crippen molar-refractivity contribution in [3.63, 3.8) is 0 Å². The van der Waals surface area contributed by atoms with Gasteiger partial charge in [-0.25, -0.2) is 0 Å². The summed E-state index contributed by atoms with van der Waals surface area (Å²) in [7, 11) is 0. The number of hydrogen-bond donors (Lipinski definition) is 2. The Balaban J connectivity index is 2.28. The fourth-order valence-electron chi connectivity index (χ4n) is 1.79. The minimum absolute atomic E-state index is 0.104. The van der Waals surface area contributed by atoms with E-state index >= 15 is 0 Å². The third kappa shape index (κ3) is 2.76. The summed E-state index contributed by atoms with van der Waals surface area (Å²) >= 11 is 0. The second-order valence-electron chi connectivity index (χ2n) is 3.93. The van der Waals surface area contributed by atoms with Gasteiger partial charge >= 0.3 is 0 Å². The van der Waals surface area contributed by atoms with Gasteiger partial charge in [0.2, 0.25) is 0 Å². The van der Waals surface area contributed by atoms with E-state index in [4.69, 9.17) is 0 Å². The molecule has 0 spiro atoms. The zero-order valence-corrected chi connectivity index (χ0v) is 8.21. The van der Waals surface area contributed by atoms with Crippen molar-refractivity contribution in [3.05, 3.63) is 0 Å². The van der Waals surface area contributed by atoms with E-state index in [9.17, 15) is 5.11 Å². The molecule has 12 heavy (non-hydrogen) atoms. The summed E-state index contributed by atoms with van der Waals surface area (Å²) < 4.78 is 0. The SMILES string of the molecule is CCC(C)N[C@@H]1CCCC[C@H]1O. The average Bonchev–Trinajstić information content (AvgIpc) is 2.09. The van der Waals surface area contributed by atoms with Gasteiger partial charge in [0.25, 0.3) is 0 Å². The van der Waals surface area contributed by atoms with Crippen LogP contribution in [0.1, 0.15) is 46.0 Å². The standard InChI is InChI=1S/C10H21NO/c1-3-8(2)11-9-6-4-5-7-10(9)12/h8-12H,3-7H2,1-2H3/t8?,9-,10-/m1/s1. The lowest BCUT2D eigenvalue weighted by atomic mass is 9.92. The van der Waals surface area contributed by atoms with E-state index in [1.165, 1.54) is 12.8 Å². The molecule has 2 nitrogen and oxygen atoms in total. The summed E-state index contributed by atoms with van der Waals surface area (Å²) in [6.45, 7) is 4.36. The topological polar surface area (TPSA) is 32.3 Å². The van der Waals surface area contributed by atoms with Crippen LogP contribution < -0.4 is 5.32 Å². The molecule has 72 valence electrons. The first-order valence-corrected chi connectivity index (χ1v) is 5.18. The zero-order valence-electron chi connectivity index (χ0n) is 8.21. The summed E-state index contributed by atoms with van der Waals surface area (Å²) in [4.78, 5) is 0. The molecule has 0 aromatic heterocycles. The van der Waals surface area contributed by atoms with E-state index in [1.54, 1.807) is 0 Å². The average molecular weight is 171 g/mol. The lowest BCUT2D eigenvalue weighted by molar-refractivity contribution is 0.0857. The molecule has 0 bridgehead atoms. The molecule has 0 radical (unpaired) electrons. The van der Waals surface area contributed by atoms with Gasteiger partial charge in [-0.1, -0.05) is 19.8 Å². The van der Waals surface area contributed by atoms with Crippen molar-refractivity contribution < 1.29 is 5.11 Å². The van der Waals surface area contributed by atoms with E-state index in [1.807, 2.05) is 0 Å². The highest BCUT2D eigenvalue weighted by atomic mass is 16.3. The van der Waals surface area contributed by atoms with Crippen LogP contribution in [-0.4, -0.2) is 23.3 Å². The van der Waals surface area contributed by atoms with Crippen molar-refractivity contribution in [2.24, 2.45) is 0 Å². The van der Waals surface area contributed by atoms with Crippen LogP contribution in [0.3, 0.4) is 0 Å². The van der Waals surface area contributed by atoms with E-state index in [0.717, 1.165) is 19.3 Å². The van der Waals surface area contributed by atoms with Crippen molar-refractivity contribution in [1.29, 1.82) is 0 Å². The number of aliphatic hydroxyl groups is 1. The lowest BCUT2D eigenvalue weighted by Crippen LogP contribution is -2.45. The third-order valence-electron chi connectivity index (χ3n) is 2.84. The predicted octanol–water partition coefficient (Wildman–Crippen LogP) is 1.68. The van der Waals surface area contributed by atoms with Crippen molar-refractivity contribution in [2.75, 3.05) is 0 Å². The maximum absolute atomic E-state index is 9.65. The number of nitrogens with one attached hydrogen (secondary N) is 1. The minimum atomic E-state index is -0.104. The molecule has 3 atom stereocenters. The number of aliphatic hydroxyl groups excluding tert-OH is 1. The van der Waals surface area contributed by atoms with Crippen molar-refractivity contribution in [1.82, 2.24) is 5.32 Å². The molecule has 2 N–H and O–H groups in total. The summed E-state index contributed by atoms with van der Waals surface area (Å²) in [6.07, 6.45) is 5.63. The molecule has 1 saturated carbocycles. The maximum Gasteiger partial charge on any atom is 0.0693 e. The molecule has 0 aromatic rings. The Hall–Kier alpha value is -0.0800. The first kappa shape index (κ1) is 10.0. The van der Waals surface area contributed by atoms with Gasteiger partial charge in [-0.2, -0.15) is 0 Å². The van der Waals surface area contributed by atoms with Gasteiger partial charge in [-0.3, -0.25) is 0 Å². The first-order chi connectivity index (χ1) is 5.74. The molecule has 0 amide bonds. The van der Waals surface area contributed by atoms with Crippen LogP contribution in [0.25, 0.3) is 0 Å². The summed E-state index contributed by atoms with van der Waals surface area (Å²) in [6, 6.07) is 0.899. The highest BCUT2D eigenvalue weighted by molar-refractivity contribution is 4.81. The van der Waals surface area contributed by atoms with Gasteiger partial charge in [0.15, 0.2) is 0 Å². The first-order valence-electron chi connectivity index (χ1n) is 5.18. The van der Waals surface area contributed by atoms with Crippen LogP contribution in [0.15, 0.2) is 0 Å². The van der Waals surface area contributed by atoms with Crippen LogP contribution in [0.4, 0.5) is 0 Å². The monoisotopic (exact) mass is 171 g/mol. The summed E-state index contributed by atoms with van der Waals surface area (Å²) in [5.41, 5.74) is 0. The van der Waals surface area contributed by atoms with Crippen molar-refractivity contribution >= 4 is 0 Å². The van der Waals surface area contributed by atoms with E-state index in [2.05, 4.69) is 19.2 Å². The molecule has 0 saturated heterocycles. The minimum Gasteiger partial charge on any atom is -0.392 e. The molecule has 1 fully saturated rings. The molecular weight excluding hydrogens is 150 g/mol. The molecule has 2 heteroatoms. The van der Waals surface area contributed by atoms with E-state index in [-0.39, 0.29) is 6.10 Å².